The molecule has 0 heterocycles. The average Bonchev–Trinajstić information content (AvgIpc) is 2.80. The number of hydrogen-bond donors (Lipinski definition) is 1. The van der Waals surface area contributed by atoms with Gasteiger partial charge in [-0.25, -0.2) is 0 Å². The summed E-state index contributed by atoms with van der Waals surface area (Å²) in [4.78, 5) is 11.7. The quantitative estimate of drug-likeness (QED) is 0.753. The fourth-order valence-electron chi connectivity index (χ4n) is 2.34. The maximum atomic E-state index is 11.7. The summed E-state index contributed by atoms with van der Waals surface area (Å²) in [7, 11) is 0. The first-order valence-corrected chi connectivity index (χ1v) is 6.01. The van der Waals surface area contributed by atoms with Gasteiger partial charge in [0.2, 0.25) is 0 Å². The number of rotatable bonds is 3. The number of carbonyl (C=O) groups is 1. The lowest BCUT2D eigenvalue weighted by Crippen LogP contribution is -2.29. The summed E-state index contributed by atoms with van der Waals surface area (Å²) in [5.41, 5.74) is 0.847. The Morgan fingerprint density at radius 2 is 2.13 bits per heavy atom. The number of allylic oxidation sites excluding steroid dienone is 2. The molecule has 2 rings (SSSR count). The van der Waals surface area contributed by atoms with Crippen LogP contribution in [0.2, 0.25) is 0 Å². The van der Waals surface area contributed by atoms with Gasteiger partial charge in [-0.1, -0.05) is 31.1 Å². The van der Waals surface area contributed by atoms with Gasteiger partial charge in [-0.05, 0) is 31.6 Å². The molecule has 0 unspecified atom stereocenters. The Balaban J connectivity index is 1.76. The molecule has 0 aromatic heterocycles. The zero-order valence-electron chi connectivity index (χ0n) is 9.17. The zero-order valence-corrected chi connectivity index (χ0v) is 9.17. The first-order valence-electron chi connectivity index (χ1n) is 6.01. The normalized spacial score (nSPS) is 21.5. The molecule has 15 heavy (non-hydrogen) atoms. The van der Waals surface area contributed by atoms with E-state index in [2.05, 4.69) is 11.4 Å². The van der Waals surface area contributed by atoms with E-state index in [1.54, 1.807) is 0 Å². The van der Waals surface area contributed by atoms with E-state index in [4.69, 9.17) is 0 Å². The molecular weight excluding hydrogens is 186 g/mol. The molecule has 0 radical (unpaired) electrons. The van der Waals surface area contributed by atoms with Gasteiger partial charge in [0.1, 0.15) is 0 Å². The fourth-order valence-corrected chi connectivity index (χ4v) is 2.34. The minimum Gasteiger partial charge on any atom is -0.352 e. The summed E-state index contributed by atoms with van der Waals surface area (Å²) in [6, 6.07) is 0. The lowest BCUT2D eigenvalue weighted by molar-refractivity contribution is -0.117. The first kappa shape index (κ1) is 10.5. The molecule has 1 fully saturated rings. The van der Waals surface area contributed by atoms with Gasteiger partial charge in [-0.15, -0.1) is 0 Å². The molecule has 0 saturated heterocycles. The highest BCUT2D eigenvalue weighted by molar-refractivity contribution is 5.96. The van der Waals surface area contributed by atoms with Crippen LogP contribution in [0.1, 0.15) is 38.5 Å². The molecule has 2 heteroatoms. The van der Waals surface area contributed by atoms with Crippen molar-refractivity contribution in [1.29, 1.82) is 0 Å². The third-order valence-corrected chi connectivity index (χ3v) is 3.28. The van der Waals surface area contributed by atoms with Gasteiger partial charge in [0.25, 0.3) is 5.91 Å². The summed E-state index contributed by atoms with van der Waals surface area (Å²) in [5.74, 6) is 0.833. The highest BCUT2D eigenvalue weighted by Crippen LogP contribution is 2.23. The van der Waals surface area contributed by atoms with Crippen LogP contribution in [-0.2, 0) is 4.79 Å². The second-order valence-corrected chi connectivity index (χ2v) is 4.50. The summed E-state index contributed by atoms with van der Waals surface area (Å²) < 4.78 is 0. The molecule has 0 spiro atoms. The topological polar surface area (TPSA) is 29.1 Å². The Morgan fingerprint density at radius 3 is 2.80 bits per heavy atom. The smallest absolute Gasteiger partial charge is 0.250 e. The van der Waals surface area contributed by atoms with Gasteiger partial charge in [-0.3, -0.25) is 4.79 Å². The van der Waals surface area contributed by atoms with Crippen LogP contribution in [0.5, 0.6) is 0 Å². The molecule has 1 amide bonds. The van der Waals surface area contributed by atoms with E-state index in [1.165, 1.54) is 25.7 Å². The SMILES string of the molecule is O=C(NCC1CCCC1)C1=CCCC=C1. The van der Waals surface area contributed by atoms with Crippen LogP contribution in [0.15, 0.2) is 23.8 Å². The van der Waals surface area contributed by atoms with Gasteiger partial charge in [0.15, 0.2) is 0 Å². The van der Waals surface area contributed by atoms with E-state index < -0.39 is 0 Å². The molecule has 2 aliphatic rings. The highest BCUT2D eigenvalue weighted by Gasteiger charge is 2.16. The van der Waals surface area contributed by atoms with Crippen molar-refractivity contribution in [2.45, 2.75) is 38.5 Å². The van der Waals surface area contributed by atoms with E-state index in [0.29, 0.717) is 0 Å². The second kappa shape index (κ2) is 5.15. The van der Waals surface area contributed by atoms with E-state index in [-0.39, 0.29) is 5.91 Å². The van der Waals surface area contributed by atoms with E-state index in [9.17, 15) is 4.79 Å². The fraction of sp³-hybridized carbons (Fsp3) is 0.615. The maximum absolute atomic E-state index is 11.7. The van der Waals surface area contributed by atoms with Crippen molar-refractivity contribution in [3.05, 3.63) is 23.8 Å². The predicted molar refractivity (Wildman–Crippen MR) is 61.4 cm³/mol. The summed E-state index contributed by atoms with van der Waals surface area (Å²) in [5, 5.41) is 3.04. The van der Waals surface area contributed by atoms with Gasteiger partial charge < -0.3 is 5.32 Å². The number of carbonyl (C=O) groups excluding carboxylic acids is 1. The third kappa shape index (κ3) is 2.95. The largest absolute Gasteiger partial charge is 0.352 e. The zero-order chi connectivity index (χ0) is 10.5. The van der Waals surface area contributed by atoms with E-state index in [1.807, 2.05) is 12.2 Å². The van der Waals surface area contributed by atoms with Crippen molar-refractivity contribution >= 4 is 5.91 Å². The minimum absolute atomic E-state index is 0.109. The molecule has 0 aliphatic heterocycles. The van der Waals surface area contributed by atoms with E-state index in [0.717, 1.165) is 30.9 Å². The van der Waals surface area contributed by atoms with Gasteiger partial charge in [-0.2, -0.15) is 0 Å². The van der Waals surface area contributed by atoms with Crippen molar-refractivity contribution < 1.29 is 4.79 Å². The third-order valence-electron chi connectivity index (χ3n) is 3.28. The molecule has 0 atom stereocenters. The van der Waals surface area contributed by atoms with Gasteiger partial charge in [0.05, 0.1) is 0 Å². The molecule has 2 aliphatic carbocycles. The van der Waals surface area contributed by atoms with Gasteiger partial charge in [0, 0.05) is 12.1 Å². The van der Waals surface area contributed by atoms with Crippen molar-refractivity contribution in [2.75, 3.05) is 6.54 Å². The van der Waals surface area contributed by atoms with Crippen LogP contribution in [0.25, 0.3) is 0 Å². The van der Waals surface area contributed by atoms with Crippen molar-refractivity contribution in [3.8, 4) is 0 Å². The van der Waals surface area contributed by atoms with Crippen LogP contribution >= 0.6 is 0 Å². The van der Waals surface area contributed by atoms with Crippen LogP contribution in [0, 0.1) is 5.92 Å². The standard InChI is InChI=1S/C13H19NO/c15-13(12-8-2-1-3-9-12)14-10-11-6-4-5-7-11/h2,8-9,11H,1,3-7,10H2,(H,14,15). The molecule has 1 N–H and O–H groups in total. The van der Waals surface area contributed by atoms with Crippen molar-refractivity contribution in [1.82, 2.24) is 5.32 Å². The van der Waals surface area contributed by atoms with Crippen LogP contribution in [-0.4, -0.2) is 12.5 Å². The molecule has 1 saturated carbocycles. The average molecular weight is 205 g/mol. The summed E-state index contributed by atoms with van der Waals surface area (Å²) in [6.07, 6.45) is 13.4. The Kier molecular flexibility index (Phi) is 3.59. The molecule has 0 aromatic rings. The lowest BCUT2D eigenvalue weighted by atomic mass is 10.1. The Hall–Kier alpha value is -1.05. The number of hydrogen-bond acceptors (Lipinski definition) is 1. The molecule has 0 bridgehead atoms. The predicted octanol–water partition coefficient (Wildman–Crippen LogP) is 2.57. The Morgan fingerprint density at radius 1 is 1.33 bits per heavy atom. The summed E-state index contributed by atoms with van der Waals surface area (Å²) in [6.45, 7) is 0.865. The Bertz CT molecular complexity index is 285. The van der Waals surface area contributed by atoms with Crippen LogP contribution in [0.3, 0.4) is 0 Å². The first-order chi connectivity index (χ1) is 7.36. The Labute approximate surface area is 91.4 Å². The van der Waals surface area contributed by atoms with E-state index >= 15 is 0 Å². The molecule has 0 aromatic carbocycles. The van der Waals surface area contributed by atoms with Crippen LogP contribution < -0.4 is 5.32 Å². The minimum atomic E-state index is 0.109. The monoisotopic (exact) mass is 205 g/mol. The molecule has 82 valence electrons. The maximum Gasteiger partial charge on any atom is 0.250 e. The second-order valence-electron chi connectivity index (χ2n) is 4.50. The van der Waals surface area contributed by atoms with Crippen molar-refractivity contribution in [3.63, 3.8) is 0 Å². The summed E-state index contributed by atoms with van der Waals surface area (Å²) >= 11 is 0. The van der Waals surface area contributed by atoms with Crippen molar-refractivity contribution in [2.24, 2.45) is 5.92 Å². The number of amides is 1. The van der Waals surface area contributed by atoms with Gasteiger partial charge >= 0.3 is 0 Å². The number of nitrogens with one attached hydrogen (secondary N) is 1. The molecule has 2 nitrogen and oxygen atoms in total. The molecular formula is C13H19NO. The highest BCUT2D eigenvalue weighted by atomic mass is 16.1. The lowest BCUT2D eigenvalue weighted by Gasteiger charge is -2.12. The van der Waals surface area contributed by atoms with Crippen LogP contribution in [0.4, 0.5) is 0 Å².